The lowest BCUT2D eigenvalue weighted by molar-refractivity contribution is 0.409. The normalized spacial score (nSPS) is 15.5. The van der Waals surface area contributed by atoms with E-state index < -0.39 is 0 Å². The van der Waals surface area contributed by atoms with Gasteiger partial charge >= 0.3 is 0 Å². The lowest BCUT2D eigenvalue weighted by Crippen LogP contribution is -2.29. The summed E-state index contributed by atoms with van der Waals surface area (Å²) in [5.74, 6) is 1.95. The molecule has 1 rings (SSSR count). The Balaban J connectivity index is 2.99. The number of aryl methyl sites for hydroxylation is 2. The molecule has 0 saturated carbocycles. The molecule has 1 aromatic heterocycles. The molecule has 0 bridgehead atoms. The summed E-state index contributed by atoms with van der Waals surface area (Å²) in [5.41, 5.74) is 5.85. The molecule has 0 amide bonds. The van der Waals surface area contributed by atoms with E-state index in [2.05, 4.69) is 30.9 Å². The third-order valence-corrected chi connectivity index (χ3v) is 2.52. The minimum absolute atomic E-state index is 0.103. The summed E-state index contributed by atoms with van der Waals surface area (Å²) in [6.07, 6.45) is 1.79. The Labute approximate surface area is 85.5 Å². The summed E-state index contributed by atoms with van der Waals surface area (Å²) in [5, 5.41) is 4.45. The summed E-state index contributed by atoms with van der Waals surface area (Å²) in [4.78, 5) is 4.45. The van der Waals surface area contributed by atoms with Crippen LogP contribution in [0.5, 0.6) is 0 Å². The smallest absolute Gasteiger partial charge is 0.150 e. The average molecular weight is 196 g/mol. The molecule has 1 aromatic rings. The number of hydrogen-bond donors (Lipinski definition) is 1. The minimum Gasteiger partial charge on any atom is -0.326 e. The van der Waals surface area contributed by atoms with Crippen LogP contribution in [0.15, 0.2) is 0 Å². The number of rotatable bonds is 4. The van der Waals surface area contributed by atoms with Crippen molar-refractivity contribution in [2.45, 2.75) is 52.6 Å². The molecule has 2 N–H and O–H groups in total. The second kappa shape index (κ2) is 4.55. The predicted octanol–water partition coefficient (Wildman–Crippen LogP) is 1.31. The second-order valence-electron chi connectivity index (χ2n) is 3.70. The molecule has 0 aliphatic heterocycles. The molecule has 0 spiro atoms. The summed E-state index contributed by atoms with van der Waals surface area (Å²) in [6, 6.07) is 0.324. The molecule has 0 saturated heterocycles. The Morgan fingerprint density at radius 3 is 2.36 bits per heavy atom. The maximum absolute atomic E-state index is 5.85. The van der Waals surface area contributed by atoms with Gasteiger partial charge in [-0.3, -0.25) is 0 Å². The zero-order valence-corrected chi connectivity index (χ0v) is 9.49. The van der Waals surface area contributed by atoms with Crippen molar-refractivity contribution in [2.24, 2.45) is 5.73 Å². The van der Waals surface area contributed by atoms with Crippen LogP contribution >= 0.6 is 0 Å². The van der Waals surface area contributed by atoms with Gasteiger partial charge in [0, 0.05) is 18.9 Å². The maximum atomic E-state index is 5.85. The van der Waals surface area contributed by atoms with Crippen molar-refractivity contribution in [2.75, 3.05) is 0 Å². The number of nitrogens with zero attached hydrogens (tertiary/aromatic N) is 3. The standard InChI is InChI=1S/C10H20N4/c1-5-9-12-10(6-2)14(13-9)8(4)7(3)11/h7-8H,5-6,11H2,1-4H3. The Kier molecular flexibility index (Phi) is 3.63. The van der Waals surface area contributed by atoms with Crippen LogP contribution in [0.25, 0.3) is 0 Å². The van der Waals surface area contributed by atoms with E-state index >= 15 is 0 Å². The largest absolute Gasteiger partial charge is 0.326 e. The number of aromatic nitrogens is 3. The molecule has 4 nitrogen and oxygen atoms in total. The van der Waals surface area contributed by atoms with Gasteiger partial charge in [0.05, 0.1) is 6.04 Å². The zero-order valence-electron chi connectivity index (χ0n) is 9.49. The highest BCUT2D eigenvalue weighted by Gasteiger charge is 2.15. The van der Waals surface area contributed by atoms with Crippen molar-refractivity contribution >= 4 is 0 Å². The molecular weight excluding hydrogens is 176 g/mol. The molecule has 0 aromatic carbocycles. The van der Waals surface area contributed by atoms with Crippen LogP contribution in [0.4, 0.5) is 0 Å². The van der Waals surface area contributed by atoms with Gasteiger partial charge in [0.25, 0.3) is 0 Å². The van der Waals surface area contributed by atoms with Gasteiger partial charge in [-0.2, -0.15) is 5.10 Å². The third-order valence-electron chi connectivity index (χ3n) is 2.52. The van der Waals surface area contributed by atoms with Crippen molar-refractivity contribution in [1.29, 1.82) is 0 Å². The Morgan fingerprint density at radius 1 is 1.29 bits per heavy atom. The first-order valence-corrected chi connectivity index (χ1v) is 5.30. The summed E-state index contributed by atoms with van der Waals surface area (Å²) < 4.78 is 1.96. The molecule has 0 radical (unpaired) electrons. The van der Waals surface area contributed by atoms with Crippen LogP contribution in [0.1, 0.15) is 45.4 Å². The fourth-order valence-electron chi connectivity index (χ4n) is 1.34. The van der Waals surface area contributed by atoms with Gasteiger partial charge in [-0.1, -0.05) is 13.8 Å². The SMILES string of the molecule is CCc1nc(CC)n(C(C)C(C)N)n1. The van der Waals surface area contributed by atoms with E-state index in [1.807, 2.05) is 11.6 Å². The molecular formula is C10H20N4. The van der Waals surface area contributed by atoms with Crippen molar-refractivity contribution in [3.63, 3.8) is 0 Å². The molecule has 80 valence electrons. The first-order valence-electron chi connectivity index (χ1n) is 5.30. The lowest BCUT2D eigenvalue weighted by atomic mass is 10.2. The van der Waals surface area contributed by atoms with E-state index in [1.54, 1.807) is 0 Å². The minimum atomic E-state index is 0.103. The van der Waals surface area contributed by atoms with E-state index in [9.17, 15) is 0 Å². The number of hydrogen-bond acceptors (Lipinski definition) is 3. The first-order chi connectivity index (χ1) is 6.60. The van der Waals surface area contributed by atoms with Gasteiger partial charge in [-0.25, -0.2) is 9.67 Å². The molecule has 1 heterocycles. The van der Waals surface area contributed by atoms with Crippen LogP contribution in [-0.2, 0) is 12.8 Å². The van der Waals surface area contributed by atoms with Crippen LogP contribution in [0.2, 0.25) is 0 Å². The molecule has 2 unspecified atom stereocenters. The lowest BCUT2D eigenvalue weighted by Gasteiger charge is -2.17. The van der Waals surface area contributed by atoms with Crippen molar-refractivity contribution in [3.05, 3.63) is 11.6 Å². The van der Waals surface area contributed by atoms with Gasteiger partial charge < -0.3 is 5.73 Å². The van der Waals surface area contributed by atoms with Gasteiger partial charge in [0.1, 0.15) is 5.82 Å². The van der Waals surface area contributed by atoms with Crippen LogP contribution in [0.3, 0.4) is 0 Å². The monoisotopic (exact) mass is 196 g/mol. The number of nitrogens with two attached hydrogens (primary N) is 1. The fourth-order valence-corrected chi connectivity index (χ4v) is 1.34. The topological polar surface area (TPSA) is 56.7 Å². The van der Waals surface area contributed by atoms with E-state index in [1.165, 1.54) is 0 Å². The van der Waals surface area contributed by atoms with Crippen molar-refractivity contribution < 1.29 is 0 Å². The highest BCUT2D eigenvalue weighted by Crippen LogP contribution is 2.12. The second-order valence-corrected chi connectivity index (χ2v) is 3.70. The highest BCUT2D eigenvalue weighted by molar-refractivity contribution is 4.95. The highest BCUT2D eigenvalue weighted by atomic mass is 15.4. The predicted molar refractivity (Wildman–Crippen MR) is 57.1 cm³/mol. The molecule has 14 heavy (non-hydrogen) atoms. The van der Waals surface area contributed by atoms with Gasteiger partial charge in [0.2, 0.25) is 0 Å². The van der Waals surface area contributed by atoms with Gasteiger partial charge in [0.15, 0.2) is 5.82 Å². The molecule has 0 aliphatic rings. The van der Waals surface area contributed by atoms with Gasteiger partial charge in [-0.15, -0.1) is 0 Å². The van der Waals surface area contributed by atoms with E-state index in [0.717, 1.165) is 24.5 Å². The Bertz CT molecular complexity index is 290. The maximum Gasteiger partial charge on any atom is 0.150 e. The van der Waals surface area contributed by atoms with Crippen molar-refractivity contribution in [3.8, 4) is 0 Å². The zero-order chi connectivity index (χ0) is 10.7. The van der Waals surface area contributed by atoms with Crippen LogP contribution in [-0.4, -0.2) is 20.8 Å². The molecule has 0 aliphatic carbocycles. The van der Waals surface area contributed by atoms with Crippen LogP contribution in [0, 0.1) is 0 Å². The molecule has 0 fully saturated rings. The fraction of sp³-hybridized carbons (Fsp3) is 0.800. The first kappa shape index (κ1) is 11.2. The molecule has 4 heteroatoms. The summed E-state index contributed by atoms with van der Waals surface area (Å²) >= 11 is 0. The quantitative estimate of drug-likeness (QED) is 0.790. The average Bonchev–Trinajstić information content (AvgIpc) is 2.59. The van der Waals surface area contributed by atoms with E-state index in [0.29, 0.717) is 0 Å². The van der Waals surface area contributed by atoms with Crippen molar-refractivity contribution in [1.82, 2.24) is 14.8 Å². The summed E-state index contributed by atoms with van der Waals surface area (Å²) in [6.45, 7) is 8.23. The Morgan fingerprint density at radius 2 is 1.93 bits per heavy atom. The van der Waals surface area contributed by atoms with E-state index in [4.69, 9.17) is 5.73 Å². The molecule has 2 atom stereocenters. The van der Waals surface area contributed by atoms with E-state index in [-0.39, 0.29) is 12.1 Å². The van der Waals surface area contributed by atoms with Crippen LogP contribution < -0.4 is 5.73 Å². The third kappa shape index (κ3) is 2.12. The summed E-state index contributed by atoms with van der Waals surface area (Å²) in [7, 11) is 0. The van der Waals surface area contributed by atoms with Gasteiger partial charge in [-0.05, 0) is 13.8 Å². The Hall–Kier alpha value is -0.900.